The second-order valence-electron chi connectivity index (χ2n) is 23.3. The molecule has 0 saturated heterocycles. The summed E-state index contributed by atoms with van der Waals surface area (Å²) in [5.74, 6) is -2.37. The zero-order valence-corrected chi connectivity index (χ0v) is 57.6. The van der Waals surface area contributed by atoms with E-state index in [9.17, 15) is 19.5 Å². The van der Waals surface area contributed by atoms with Gasteiger partial charge in [0.2, 0.25) is 0 Å². The molecule has 0 radical (unpaired) electrons. The lowest BCUT2D eigenvalue weighted by Gasteiger charge is -2.26. The highest BCUT2D eigenvalue weighted by atomic mass is 16.7. The van der Waals surface area contributed by atoms with Crippen molar-refractivity contribution in [2.45, 2.75) is 232 Å². The number of carboxylic acids is 1. The minimum absolute atomic E-state index is 0.126. The molecule has 0 fully saturated rings. The van der Waals surface area contributed by atoms with Crippen LogP contribution in [0.3, 0.4) is 0 Å². The van der Waals surface area contributed by atoms with E-state index >= 15 is 0 Å². The standard InChI is InChI=1S/C82H125NO8/c1-6-8-10-12-14-16-18-20-22-24-26-28-30-32-34-36-37-38-39-40-41-42-43-45-47-49-51-53-55-57-59-61-63-65-67-69-71-73-80(85)91-78(77-90-82(81(86)87)88-75-74-83(3,4)5)76-89-79(84)72-70-68-66-64-62-60-58-56-54-52-50-48-46-44-35-33-31-29-27-25-23-21-19-17-15-13-11-9-7-2/h8-11,14-17,20-23,26-29,32-35,37-38,40-41,43,45-46,48-49,51-52,54-55,57,61,63,78,82H,6-7,12-13,18-19,24-25,30-31,36,39,42,44,47,50,53,56,58-60,62,64-77H2,1-5H3/b10-8-,11-9-,16-14-,17-15-,22-20-,23-21-,28-26-,29-27-,34-32-,35-33-,38-37-,41-40-,45-43-,48-46-,51-49-,54-52-,57-55-,63-61-. The zero-order chi connectivity index (χ0) is 66.1. The van der Waals surface area contributed by atoms with E-state index in [1.165, 1.54) is 19.3 Å². The van der Waals surface area contributed by atoms with Crippen LogP contribution in [-0.2, 0) is 33.3 Å². The maximum Gasteiger partial charge on any atom is 0.306 e. The van der Waals surface area contributed by atoms with E-state index in [0.29, 0.717) is 23.9 Å². The molecule has 2 atom stereocenters. The second kappa shape index (κ2) is 69.5. The van der Waals surface area contributed by atoms with E-state index in [-0.39, 0.29) is 38.6 Å². The van der Waals surface area contributed by atoms with Crippen molar-refractivity contribution in [1.82, 2.24) is 0 Å². The van der Waals surface area contributed by atoms with Gasteiger partial charge >= 0.3 is 11.9 Å². The maximum absolute atomic E-state index is 12.9. The summed E-state index contributed by atoms with van der Waals surface area (Å²) >= 11 is 0. The quantitative estimate of drug-likeness (QED) is 0.0195. The van der Waals surface area contributed by atoms with Crippen molar-refractivity contribution in [3.63, 3.8) is 0 Å². The highest BCUT2D eigenvalue weighted by Crippen LogP contribution is 2.13. The van der Waals surface area contributed by atoms with Gasteiger partial charge in [-0.2, -0.15) is 0 Å². The topological polar surface area (TPSA) is 111 Å². The number of aliphatic carboxylic acids is 1. The normalized spacial score (nSPS) is 14.1. The van der Waals surface area contributed by atoms with E-state index < -0.39 is 24.3 Å². The van der Waals surface area contributed by atoms with Crippen LogP contribution >= 0.6 is 0 Å². The Hall–Kier alpha value is -6.39. The molecule has 0 aliphatic heterocycles. The Morgan fingerprint density at radius 2 is 0.593 bits per heavy atom. The van der Waals surface area contributed by atoms with Crippen molar-refractivity contribution < 1.29 is 42.9 Å². The van der Waals surface area contributed by atoms with Crippen LogP contribution < -0.4 is 5.11 Å². The van der Waals surface area contributed by atoms with Crippen molar-refractivity contribution in [3.8, 4) is 0 Å². The van der Waals surface area contributed by atoms with Crippen molar-refractivity contribution in [1.29, 1.82) is 0 Å². The summed E-state index contributed by atoms with van der Waals surface area (Å²) in [6.07, 6.45) is 107. The Morgan fingerprint density at radius 1 is 0.330 bits per heavy atom. The number of ether oxygens (including phenoxy) is 4. The van der Waals surface area contributed by atoms with Gasteiger partial charge in [-0.1, -0.05) is 271 Å². The van der Waals surface area contributed by atoms with E-state index in [4.69, 9.17) is 18.9 Å². The third-order valence-corrected chi connectivity index (χ3v) is 13.7. The lowest BCUT2D eigenvalue weighted by atomic mass is 10.1. The Labute approximate surface area is 556 Å². The molecule has 0 aliphatic rings. The number of quaternary nitrogens is 1. The number of hydrogen-bond acceptors (Lipinski definition) is 8. The number of nitrogens with zero attached hydrogens (tertiary/aromatic N) is 1. The number of carbonyl (C=O) groups excluding carboxylic acids is 3. The van der Waals surface area contributed by atoms with E-state index in [1.807, 2.05) is 21.1 Å². The summed E-state index contributed by atoms with van der Waals surface area (Å²) in [5.41, 5.74) is 0. The fourth-order valence-corrected chi connectivity index (χ4v) is 8.46. The highest BCUT2D eigenvalue weighted by molar-refractivity contribution is 5.70. The molecule has 2 unspecified atom stereocenters. The predicted molar refractivity (Wildman–Crippen MR) is 388 cm³/mol. The van der Waals surface area contributed by atoms with Gasteiger partial charge in [-0.25, -0.2) is 0 Å². The molecule has 0 spiro atoms. The van der Waals surface area contributed by atoms with E-state index in [0.717, 1.165) is 161 Å². The first-order valence-corrected chi connectivity index (χ1v) is 34.9. The fraction of sp³-hybridized carbons (Fsp3) is 0.524. The van der Waals surface area contributed by atoms with Gasteiger partial charge < -0.3 is 33.3 Å². The van der Waals surface area contributed by atoms with E-state index in [2.05, 4.69) is 233 Å². The molecule has 0 aromatic heterocycles. The summed E-state index contributed by atoms with van der Waals surface area (Å²) in [6, 6.07) is 0. The molecule has 0 saturated carbocycles. The molecular weight excluding hydrogens is 1130 g/mol. The Kier molecular flexibility index (Phi) is 64.6. The summed E-state index contributed by atoms with van der Waals surface area (Å²) in [4.78, 5) is 37.5. The number of carbonyl (C=O) groups is 3. The van der Waals surface area contributed by atoms with Gasteiger partial charge in [-0.3, -0.25) is 9.59 Å². The van der Waals surface area contributed by atoms with Crippen molar-refractivity contribution in [3.05, 3.63) is 219 Å². The first-order valence-electron chi connectivity index (χ1n) is 34.9. The number of allylic oxidation sites excluding steroid dienone is 36. The monoisotopic (exact) mass is 1250 g/mol. The van der Waals surface area contributed by atoms with Crippen LogP contribution in [-0.4, -0.2) is 82.3 Å². The maximum atomic E-state index is 12.9. The number of rotatable bonds is 61. The minimum atomic E-state index is -1.65. The highest BCUT2D eigenvalue weighted by Gasteiger charge is 2.22. The largest absolute Gasteiger partial charge is 0.545 e. The Balaban J connectivity index is 4.33. The smallest absolute Gasteiger partial charge is 0.306 e. The summed E-state index contributed by atoms with van der Waals surface area (Å²) in [6.45, 7) is 4.43. The summed E-state index contributed by atoms with van der Waals surface area (Å²) < 4.78 is 22.7. The SMILES string of the molecule is CC/C=C\C/C=C\C/C=C\C/C=C\C/C=C\C/C=C\C/C=C\C/C=C\C/C=C\C/C=C\C/C=C\CCCCCC(=O)OC(COC(=O)CCCCCCCCC/C=C\C/C=C\C/C=C\C/C=C\C/C=C\C/C=C\C/C=C\CC)COC(OCC[N+](C)(C)C)C(=O)[O-]. The summed E-state index contributed by atoms with van der Waals surface area (Å²) in [7, 11) is 5.89. The molecule has 0 aliphatic carbocycles. The zero-order valence-electron chi connectivity index (χ0n) is 57.6. The van der Waals surface area contributed by atoms with Crippen molar-refractivity contribution in [2.24, 2.45) is 0 Å². The molecule has 0 heterocycles. The molecule has 91 heavy (non-hydrogen) atoms. The second-order valence-corrected chi connectivity index (χ2v) is 23.3. The van der Waals surface area contributed by atoms with Gasteiger partial charge in [0.25, 0.3) is 0 Å². The molecule has 0 N–H and O–H groups in total. The lowest BCUT2D eigenvalue weighted by Crippen LogP contribution is -2.44. The van der Waals surface area contributed by atoms with Crippen LogP contribution in [0.4, 0.5) is 0 Å². The number of likely N-dealkylation sites (N-methyl/N-ethyl adjacent to an activating group) is 1. The average Bonchev–Trinajstić information content (AvgIpc) is 3.50. The van der Waals surface area contributed by atoms with Crippen LogP contribution in [0.2, 0.25) is 0 Å². The van der Waals surface area contributed by atoms with Crippen LogP contribution in [0, 0.1) is 0 Å². The van der Waals surface area contributed by atoms with Crippen LogP contribution in [0.15, 0.2) is 219 Å². The predicted octanol–water partition coefficient (Wildman–Crippen LogP) is 20.8. The molecule has 9 heteroatoms. The van der Waals surface area contributed by atoms with Crippen LogP contribution in [0.1, 0.15) is 219 Å². The van der Waals surface area contributed by atoms with Crippen LogP contribution in [0.5, 0.6) is 0 Å². The van der Waals surface area contributed by atoms with Gasteiger partial charge in [0.05, 0.1) is 40.3 Å². The molecule has 506 valence electrons. The Morgan fingerprint density at radius 3 is 0.890 bits per heavy atom. The van der Waals surface area contributed by atoms with Crippen molar-refractivity contribution in [2.75, 3.05) is 47.5 Å². The first kappa shape index (κ1) is 84.6. The first-order chi connectivity index (χ1) is 44.6. The molecule has 0 amide bonds. The third-order valence-electron chi connectivity index (χ3n) is 13.7. The molecular formula is C82H125NO8. The number of hydrogen-bond donors (Lipinski definition) is 0. The Bertz CT molecular complexity index is 2300. The molecule has 0 aromatic rings. The van der Waals surface area contributed by atoms with Gasteiger partial charge in [0.1, 0.15) is 13.2 Å². The molecule has 0 rings (SSSR count). The van der Waals surface area contributed by atoms with Gasteiger partial charge in [-0.15, -0.1) is 0 Å². The third kappa shape index (κ3) is 70.9. The van der Waals surface area contributed by atoms with Gasteiger partial charge in [0.15, 0.2) is 12.4 Å². The van der Waals surface area contributed by atoms with Gasteiger partial charge in [-0.05, 0) is 154 Å². The van der Waals surface area contributed by atoms with E-state index in [1.54, 1.807) is 0 Å². The average molecular weight is 1250 g/mol. The number of unbranched alkanes of at least 4 members (excludes halogenated alkanes) is 10. The van der Waals surface area contributed by atoms with Gasteiger partial charge in [0, 0.05) is 12.8 Å². The fourth-order valence-electron chi connectivity index (χ4n) is 8.46. The van der Waals surface area contributed by atoms with Crippen molar-refractivity contribution >= 4 is 17.9 Å². The lowest BCUT2D eigenvalue weighted by molar-refractivity contribution is -0.870. The minimum Gasteiger partial charge on any atom is -0.545 e. The van der Waals surface area contributed by atoms with Crippen LogP contribution in [0.25, 0.3) is 0 Å². The molecule has 0 bridgehead atoms. The summed E-state index contributed by atoms with van der Waals surface area (Å²) in [5, 5.41) is 11.8. The number of esters is 2. The molecule has 9 nitrogen and oxygen atoms in total. The number of carboxylic acid groups (broad SMARTS) is 1. The molecule has 0 aromatic carbocycles.